The van der Waals surface area contributed by atoms with Crippen LogP contribution in [0.5, 0.6) is 0 Å². The van der Waals surface area contributed by atoms with Crippen molar-refractivity contribution in [3.8, 4) is 0 Å². The van der Waals surface area contributed by atoms with Crippen LogP contribution in [0, 0.1) is 0 Å². The third-order valence-corrected chi connectivity index (χ3v) is 4.99. The molecule has 0 bridgehead atoms. The van der Waals surface area contributed by atoms with Gasteiger partial charge in [-0.05, 0) is 17.7 Å². The molecule has 2 amide bonds. The maximum Gasteiger partial charge on any atom is 0.417 e. The van der Waals surface area contributed by atoms with Gasteiger partial charge >= 0.3 is 6.18 Å². The number of halogens is 3. The van der Waals surface area contributed by atoms with E-state index in [2.05, 4.69) is 15.7 Å². The molecule has 154 valence electrons. The Hall–Kier alpha value is -3.62. The molecule has 0 aliphatic carbocycles. The molecule has 0 saturated heterocycles. The summed E-state index contributed by atoms with van der Waals surface area (Å²) in [7, 11) is 1.59. The third-order valence-electron chi connectivity index (χ3n) is 4.99. The predicted octanol–water partition coefficient (Wildman–Crippen LogP) is 4.17. The van der Waals surface area contributed by atoms with Crippen LogP contribution >= 0.6 is 0 Å². The van der Waals surface area contributed by atoms with Crippen LogP contribution in [0.15, 0.2) is 54.6 Å². The fourth-order valence-corrected chi connectivity index (χ4v) is 3.65. The van der Waals surface area contributed by atoms with Gasteiger partial charge in [0.25, 0.3) is 5.91 Å². The number of fused-ring (bicyclic) bond motifs is 1. The van der Waals surface area contributed by atoms with Crippen molar-refractivity contribution in [2.24, 2.45) is 7.05 Å². The second-order valence-corrected chi connectivity index (χ2v) is 6.95. The Morgan fingerprint density at radius 2 is 1.80 bits per heavy atom. The van der Waals surface area contributed by atoms with Crippen LogP contribution in [-0.2, 0) is 18.0 Å². The Morgan fingerprint density at radius 3 is 2.50 bits per heavy atom. The van der Waals surface area contributed by atoms with Crippen molar-refractivity contribution in [2.45, 2.75) is 18.5 Å². The van der Waals surface area contributed by atoms with Crippen LogP contribution in [0.2, 0.25) is 0 Å². The van der Waals surface area contributed by atoms with Gasteiger partial charge in [-0.15, -0.1) is 0 Å². The van der Waals surface area contributed by atoms with Gasteiger partial charge in [-0.25, -0.2) is 0 Å². The van der Waals surface area contributed by atoms with E-state index in [0.717, 1.165) is 17.7 Å². The minimum absolute atomic E-state index is 0.114. The first-order valence-electron chi connectivity index (χ1n) is 9.15. The summed E-state index contributed by atoms with van der Waals surface area (Å²) in [6, 6.07) is 13.8. The van der Waals surface area contributed by atoms with Gasteiger partial charge in [0.05, 0.1) is 11.1 Å². The summed E-state index contributed by atoms with van der Waals surface area (Å²) >= 11 is 0. The molecule has 0 radical (unpaired) electrons. The van der Waals surface area contributed by atoms with Crippen molar-refractivity contribution >= 4 is 23.5 Å². The average molecular weight is 414 g/mol. The van der Waals surface area contributed by atoms with Crippen LogP contribution in [0.25, 0.3) is 0 Å². The van der Waals surface area contributed by atoms with Crippen LogP contribution in [0.3, 0.4) is 0 Å². The number of aromatic nitrogens is 2. The summed E-state index contributed by atoms with van der Waals surface area (Å²) in [5, 5.41) is 9.49. The zero-order chi connectivity index (χ0) is 21.5. The van der Waals surface area contributed by atoms with Crippen molar-refractivity contribution < 1.29 is 22.8 Å². The second-order valence-electron chi connectivity index (χ2n) is 6.95. The highest BCUT2D eigenvalue weighted by Crippen LogP contribution is 2.41. The maximum absolute atomic E-state index is 13.3. The number of alkyl halides is 3. The molecule has 9 heteroatoms. The number of amides is 2. The molecular weight excluding hydrogens is 397 g/mol. The van der Waals surface area contributed by atoms with E-state index < -0.39 is 29.1 Å². The van der Waals surface area contributed by atoms with Gasteiger partial charge in [-0.2, -0.15) is 18.3 Å². The fourth-order valence-electron chi connectivity index (χ4n) is 3.65. The molecule has 30 heavy (non-hydrogen) atoms. The Bertz CT molecular complexity index is 1120. The van der Waals surface area contributed by atoms with E-state index in [-0.39, 0.29) is 18.1 Å². The lowest BCUT2D eigenvalue weighted by atomic mass is 9.86. The first kappa shape index (κ1) is 19.7. The average Bonchev–Trinajstić information content (AvgIpc) is 3.02. The summed E-state index contributed by atoms with van der Waals surface area (Å²) < 4.78 is 41.3. The van der Waals surface area contributed by atoms with Gasteiger partial charge < -0.3 is 10.6 Å². The monoisotopic (exact) mass is 414 g/mol. The lowest BCUT2D eigenvalue weighted by molar-refractivity contribution is -0.137. The van der Waals surface area contributed by atoms with E-state index in [9.17, 15) is 22.8 Å². The zero-order valence-electron chi connectivity index (χ0n) is 15.8. The molecule has 2 heterocycles. The first-order chi connectivity index (χ1) is 14.3. The van der Waals surface area contributed by atoms with Crippen LogP contribution in [0.4, 0.5) is 24.8 Å². The van der Waals surface area contributed by atoms with Gasteiger partial charge in [0, 0.05) is 24.9 Å². The Labute approximate surface area is 169 Å². The van der Waals surface area contributed by atoms with Crippen molar-refractivity contribution in [3.63, 3.8) is 0 Å². The molecule has 1 aliphatic heterocycles. The number of nitrogens with zero attached hydrogens (tertiary/aromatic N) is 2. The largest absolute Gasteiger partial charge is 0.417 e. The van der Waals surface area contributed by atoms with Crippen LogP contribution in [-0.4, -0.2) is 21.6 Å². The van der Waals surface area contributed by atoms with E-state index in [1.807, 2.05) is 30.3 Å². The van der Waals surface area contributed by atoms with E-state index >= 15 is 0 Å². The zero-order valence-corrected chi connectivity index (χ0v) is 15.8. The molecule has 2 N–H and O–H groups in total. The van der Waals surface area contributed by atoms with Crippen LogP contribution < -0.4 is 10.6 Å². The van der Waals surface area contributed by atoms with Crippen molar-refractivity contribution in [1.82, 2.24) is 9.78 Å². The van der Waals surface area contributed by atoms with Gasteiger partial charge in [0.15, 0.2) is 5.82 Å². The molecule has 0 spiro atoms. The lowest BCUT2D eigenvalue weighted by Gasteiger charge is -2.24. The van der Waals surface area contributed by atoms with E-state index in [4.69, 9.17) is 0 Å². The number of hydrogen-bond donors (Lipinski definition) is 2. The SMILES string of the molecule is Cn1nc(NC(=O)c2ccccc2C(F)(F)F)c2c1NC(=O)C[C@H]2c1ccccc1. The summed E-state index contributed by atoms with van der Waals surface area (Å²) in [4.78, 5) is 24.9. The minimum atomic E-state index is -4.67. The number of anilines is 2. The van der Waals surface area contributed by atoms with Crippen LogP contribution in [0.1, 0.15) is 39.4 Å². The maximum atomic E-state index is 13.3. The third kappa shape index (κ3) is 3.54. The van der Waals surface area contributed by atoms with Crippen molar-refractivity contribution in [1.29, 1.82) is 0 Å². The smallest absolute Gasteiger partial charge is 0.311 e. The standard InChI is InChI=1S/C21H17F3N4O2/c1-28-19-17(14(11-16(29)25-19)12-7-3-2-4-8-12)18(27-28)26-20(30)13-9-5-6-10-15(13)21(22,23)24/h2-10,14H,11H2,1H3,(H,25,29)(H,26,27,30)/t14-/m0/s1. The Balaban J connectivity index is 1.75. The highest BCUT2D eigenvalue weighted by Gasteiger charge is 2.37. The van der Waals surface area contributed by atoms with Gasteiger partial charge in [-0.1, -0.05) is 42.5 Å². The molecule has 1 aliphatic rings. The molecule has 1 atom stereocenters. The Morgan fingerprint density at radius 1 is 1.13 bits per heavy atom. The molecule has 6 nitrogen and oxygen atoms in total. The number of rotatable bonds is 3. The molecular formula is C21H17F3N4O2. The van der Waals surface area contributed by atoms with E-state index in [1.165, 1.54) is 16.8 Å². The summed E-state index contributed by atoms with van der Waals surface area (Å²) in [5.41, 5.74) is -0.130. The van der Waals surface area contributed by atoms with Gasteiger partial charge in [0.1, 0.15) is 5.82 Å². The molecule has 0 saturated carbocycles. The number of benzene rings is 2. The fraction of sp³-hybridized carbons (Fsp3) is 0.190. The predicted molar refractivity (Wildman–Crippen MR) is 104 cm³/mol. The minimum Gasteiger partial charge on any atom is -0.311 e. The number of nitrogens with one attached hydrogen (secondary N) is 2. The second kappa shape index (κ2) is 7.33. The lowest BCUT2D eigenvalue weighted by Crippen LogP contribution is -2.25. The first-order valence-corrected chi connectivity index (χ1v) is 9.15. The Kier molecular flexibility index (Phi) is 4.81. The molecule has 2 aromatic carbocycles. The highest BCUT2D eigenvalue weighted by atomic mass is 19.4. The van der Waals surface area contributed by atoms with E-state index in [1.54, 1.807) is 7.05 Å². The summed E-state index contributed by atoms with van der Waals surface area (Å²) in [6.45, 7) is 0. The topological polar surface area (TPSA) is 76.0 Å². The highest BCUT2D eigenvalue weighted by molar-refractivity contribution is 6.06. The number of aryl methyl sites for hydroxylation is 1. The van der Waals surface area contributed by atoms with Crippen molar-refractivity contribution in [2.75, 3.05) is 10.6 Å². The normalized spacial score (nSPS) is 16.0. The summed E-state index contributed by atoms with van der Waals surface area (Å²) in [6.07, 6.45) is -4.54. The van der Waals surface area contributed by atoms with Gasteiger partial charge in [-0.3, -0.25) is 14.3 Å². The number of carbonyl (C=O) groups excluding carboxylic acids is 2. The molecule has 0 unspecified atom stereocenters. The molecule has 3 aromatic rings. The van der Waals surface area contributed by atoms with E-state index in [0.29, 0.717) is 11.4 Å². The number of hydrogen-bond acceptors (Lipinski definition) is 3. The molecule has 1 aromatic heterocycles. The number of carbonyl (C=O) groups is 2. The van der Waals surface area contributed by atoms with Gasteiger partial charge in [0.2, 0.25) is 5.91 Å². The molecule has 0 fully saturated rings. The van der Waals surface area contributed by atoms with Crippen molar-refractivity contribution in [3.05, 3.63) is 76.9 Å². The quantitative estimate of drug-likeness (QED) is 0.676. The molecule has 4 rings (SSSR count). The summed E-state index contributed by atoms with van der Waals surface area (Å²) in [5.74, 6) is -1.01.